The molecular formula is C9H5ClN4O. The number of pyridine rings is 1. The number of carbonyl (C=O) groups excluding carboxylic acids is 1. The summed E-state index contributed by atoms with van der Waals surface area (Å²) in [4.78, 5) is 25.3. The number of hydrogen-bond acceptors (Lipinski definition) is 3. The van der Waals surface area contributed by atoms with Crippen molar-refractivity contribution in [2.75, 3.05) is 0 Å². The summed E-state index contributed by atoms with van der Waals surface area (Å²) in [5, 5.41) is 0.146. The molecular weight excluding hydrogens is 216 g/mol. The van der Waals surface area contributed by atoms with Crippen LogP contribution in [0.1, 0.15) is 10.4 Å². The van der Waals surface area contributed by atoms with Crippen molar-refractivity contribution in [1.82, 2.24) is 19.9 Å². The molecule has 0 bridgehead atoms. The molecule has 0 aliphatic rings. The predicted octanol–water partition coefficient (Wildman–Crippen LogP) is 1.82. The topological polar surface area (TPSA) is 74.4 Å². The number of H-pyrrole nitrogens is 2. The van der Waals surface area contributed by atoms with Crippen molar-refractivity contribution >= 4 is 38.9 Å². The summed E-state index contributed by atoms with van der Waals surface area (Å²) in [5.41, 5.74) is 2.49. The third-order valence-corrected chi connectivity index (χ3v) is 2.50. The minimum atomic E-state index is -0.515. The molecule has 0 aliphatic carbocycles. The van der Waals surface area contributed by atoms with E-state index in [1.165, 1.54) is 0 Å². The number of nitrogens with zero attached hydrogens (tertiary/aromatic N) is 2. The average molecular weight is 221 g/mol. The monoisotopic (exact) mass is 220 g/mol. The summed E-state index contributed by atoms with van der Waals surface area (Å²) in [7, 11) is 0. The standard InChI is InChI=1S/C9H5ClN4O/c10-8(15)4-1-11-9-6(4)7-5(2-12-9)13-3-14-7/h1-3H,(H,11,12)(H,13,14). The van der Waals surface area contributed by atoms with Gasteiger partial charge in [-0.3, -0.25) is 4.79 Å². The molecule has 0 amide bonds. The summed E-state index contributed by atoms with van der Waals surface area (Å²) < 4.78 is 0. The van der Waals surface area contributed by atoms with E-state index in [0.29, 0.717) is 22.1 Å². The third kappa shape index (κ3) is 1.07. The molecule has 0 atom stereocenters. The van der Waals surface area contributed by atoms with Crippen LogP contribution in [0.2, 0.25) is 0 Å². The molecule has 0 unspecified atom stereocenters. The number of imidazole rings is 1. The van der Waals surface area contributed by atoms with E-state index in [2.05, 4.69) is 19.9 Å². The number of carbonyl (C=O) groups is 1. The van der Waals surface area contributed by atoms with Crippen molar-refractivity contribution in [3.05, 3.63) is 24.3 Å². The second-order valence-corrected chi connectivity index (χ2v) is 3.47. The Hall–Kier alpha value is -1.88. The lowest BCUT2D eigenvalue weighted by Crippen LogP contribution is -1.87. The zero-order valence-corrected chi connectivity index (χ0v) is 8.17. The normalized spacial score (nSPS) is 11.3. The van der Waals surface area contributed by atoms with Crippen LogP contribution in [0, 0.1) is 0 Å². The van der Waals surface area contributed by atoms with Crippen LogP contribution in [-0.4, -0.2) is 25.2 Å². The zero-order chi connectivity index (χ0) is 10.4. The van der Waals surface area contributed by atoms with E-state index in [4.69, 9.17) is 11.6 Å². The van der Waals surface area contributed by atoms with E-state index in [-0.39, 0.29) is 0 Å². The minimum Gasteiger partial charge on any atom is -0.345 e. The molecule has 3 rings (SSSR count). The Kier molecular flexibility index (Phi) is 1.58. The molecule has 2 N–H and O–H groups in total. The molecule has 0 radical (unpaired) electrons. The maximum Gasteiger partial charge on any atom is 0.254 e. The Labute approximate surface area is 88.5 Å². The van der Waals surface area contributed by atoms with Gasteiger partial charge in [-0.15, -0.1) is 0 Å². The smallest absolute Gasteiger partial charge is 0.254 e. The van der Waals surface area contributed by atoms with Gasteiger partial charge in [0.05, 0.1) is 29.0 Å². The van der Waals surface area contributed by atoms with Crippen LogP contribution >= 0.6 is 11.6 Å². The first-order chi connectivity index (χ1) is 7.27. The molecule has 15 heavy (non-hydrogen) atoms. The summed E-state index contributed by atoms with van der Waals surface area (Å²) in [6.07, 6.45) is 4.76. The Morgan fingerprint density at radius 3 is 3.00 bits per heavy atom. The second-order valence-electron chi connectivity index (χ2n) is 3.12. The van der Waals surface area contributed by atoms with Crippen molar-refractivity contribution in [1.29, 1.82) is 0 Å². The molecule has 0 spiro atoms. The van der Waals surface area contributed by atoms with Gasteiger partial charge in [-0.2, -0.15) is 0 Å². The van der Waals surface area contributed by atoms with Gasteiger partial charge in [0.25, 0.3) is 5.24 Å². The first-order valence-corrected chi connectivity index (χ1v) is 4.64. The molecule has 74 valence electrons. The molecule has 6 heteroatoms. The summed E-state index contributed by atoms with van der Waals surface area (Å²) in [6.45, 7) is 0. The van der Waals surface area contributed by atoms with Crippen LogP contribution in [0.15, 0.2) is 18.7 Å². The SMILES string of the molecule is O=C(Cl)c1c[nH]c2ncc3[nH]cnc3c12. The van der Waals surface area contributed by atoms with Gasteiger partial charge in [0.2, 0.25) is 0 Å². The van der Waals surface area contributed by atoms with Crippen molar-refractivity contribution in [3.8, 4) is 0 Å². The lowest BCUT2D eigenvalue weighted by atomic mass is 10.2. The molecule has 0 aliphatic heterocycles. The van der Waals surface area contributed by atoms with Crippen LogP contribution in [0.25, 0.3) is 22.1 Å². The van der Waals surface area contributed by atoms with Crippen molar-refractivity contribution in [3.63, 3.8) is 0 Å². The molecule has 0 aromatic carbocycles. The molecule has 0 saturated carbocycles. The van der Waals surface area contributed by atoms with E-state index < -0.39 is 5.24 Å². The molecule has 3 heterocycles. The van der Waals surface area contributed by atoms with Crippen molar-refractivity contribution in [2.24, 2.45) is 0 Å². The highest BCUT2D eigenvalue weighted by atomic mass is 35.5. The number of rotatable bonds is 1. The molecule has 3 aromatic heterocycles. The number of aromatic amines is 2. The number of aromatic nitrogens is 4. The van der Waals surface area contributed by atoms with Gasteiger partial charge in [0.15, 0.2) is 0 Å². The minimum absolute atomic E-state index is 0.400. The largest absolute Gasteiger partial charge is 0.345 e. The zero-order valence-electron chi connectivity index (χ0n) is 7.41. The molecule has 0 saturated heterocycles. The van der Waals surface area contributed by atoms with Gasteiger partial charge >= 0.3 is 0 Å². The number of halogens is 1. The fraction of sp³-hybridized carbons (Fsp3) is 0. The maximum absolute atomic E-state index is 11.2. The average Bonchev–Trinajstić information content (AvgIpc) is 2.82. The molecule has 5 nitrogen and oxygen atoms in total. The predicted molar refractivity (Wildman–Crippen MR) is 55.9 cm³/mol. The Balaban J connectivity index is 2.57. The van der Waals surface area contributed by atoms with Crippen LogP contribution in [-0.2, 0) is 0 Å². The quantitative estimate of drug-likeness (QED) is 0.615. The summed E-state index contributed by atoms with van der Waals surface area (Å²) in [5.74, 6) is 0. The van der Waals surface area contributed by atoms with Gasteiger partial charge in [-0.05, 0) is 11.6 Å². The van der Waals surface area contributed by atoms with Crippen molar-refractivity contribution in [2.45, 2.75) is 0 Å². The van der Waals surface area contributed by atoms with Crippen LogP contribution in [0.5, 0.6) is 0 Å². The summed E-state index contributed by atoms with van der Waals surface area (Å²) >= 11 is 5.47. The van der Waals surface area contributed by atoms with E-state index >= 15 is 0 Å². The fourth-order valence-corrected chi connectivity index (χ4v) is 1.79. The first kappa shape index (κ1) is 8.43. The van der Waals surface area contributed by atoms with E-state index in [9.17, 15) is 4.79 Å². The van der Waals surface area contributed by atoms with Gasteiger partial charge in [-0.25, -0.2) is 9.97 Å². The van der Waals surface area contributed by atoms with Crippen LogP contribution in [0.3, 0.4) is 0 Å². The van der Waals surface area contributed by atoms with E-state index in [1.807, 2.05) is 0 Å². The Morgan fingerprint density at radius 2 is 2.20 bits per heavy atom. The number of nitrogens with one attached hydrogen (secondary N) is 2. The third-order valence-electron chi connectivity index (χ3n) is 2.30. The van der Waals surface area contributed by atoms with E-state index in [1.54, 1.807) is 18.7 Å². The Bertz CT molecular complexity index is 669. The van der Waals surface area contributed by atoms with Crippen LogP contribution < -0.4 is 0 Å². The van der Waals surface area contributed by atoms with Gasteiger partial charge in [-0.1, -0.05) is 0 Å². The molecule has 3 aromatic rings. The second kappa shape index (κ2) is 2.80. The maximum atomic E-state index is 11.2. The fourth-order valence-electron chi connectivity index (χ4n) is 1.64. The highest BCUT2D eigenvalue weighted by Crippen LogP contribution is 2.24. The van der Waals surface area contributed by atoms with E-state index in [0.717, 1.165) is 5.52 Å². The summed E-state index contributed by atoms with van der Waals surface area (Å²) in [6, 6.07) is 0. The van der Waals surface area contributed by atoms with Gasteiger partial charge in [0, 0.05) is 6.20 Å². The van der Waals surface area contributed by atoms with Crippen LogP contribution in [0.4, 0.5) is 0 Å². The molecule has 0 fully saturated rings. The number of fused-ring (bicyclic) bond motifs is 3. The highest BCUT2D eigenvalue weighted by molar-refractivity contribution is 6.68. The Morgan fingerprint density at radius 1 is 1.33 bits per heavy atom. The highest BCUT2D eigenvalue weighted by Gasteiger charge is 2.14. The number of hydrogen-bond donors (Lipinski definition) is 2. The first-order valence-electron chi connectivity index (χ1n) is 4.26. The lowest BCUT2D eigenvalue weighted by molar-refractivity contribution is 0.108. The lowest BCUT2D eigenvalue weighted by Gasteiger charge is -1.92. The van der Waals surface area contributed by atoms with Gasteiger partial charge < -0.3 is 9.97 Å². The van der Waals surface area contributed by atoms with Crippen molar-refractivity contribution < 1.29 is 4.79 Å². The van der Waals surface area contributed by atoms with Gasteiger partial charge in [0.1, 0.15) is 11.2 Å².